The number of nitrogens with zero attached hydrogens (tertiary/aromatic N) is 7. The Morgan fingerprint density at radius 1 is 1.00 bits per heavy atom. The van der Waals surface area contributed by atoms with Crippen LogP contribution in [0.3, 0.4) is 0 Å². The molecule has 3 aromatic heterocycles. The lowest BCUT2D eigenvalue weighted by atomic mass is 9.95. The molecule has 20 heteroatoms. The van der Waals surface area contributed by atoms with Gasteiger partial charge in [0.05, 0.1) is 28.2 Å². The molecule has 0 unspecified atom stereocenters. The van der Waals surface area contributed by atoms with Crippen molar-refractivity contribution in [3.63, 3.8) is 0 Å². The number of likely N-dealkylation sites (N-methyl/N-ethyl adjacent to an activating group) is 1. The zero-order valence-electron chi connectivity index (χ0n) is 35.1. The van der Waals surface area contributed by atoms with E-state index in [-0.39, 0.29) is 48.0 Å². The minimum Gasteiger partial charge on any atom is -0.487 e. The van der Waals surface area contributed by atoms with E-state index in [1.807, 2.05) is 13.0 Å². The summed E-state index contributed by atoms with van der Waals surface area (Å²) in [6.45, 7) is 4.83. The van der Waals surface area contributed by atoms with Gasteiger partial charge in [0, 0.05) is 67.9 Å². The maximum atomic E-state index is 14.4. The molecule has 0 spiro atoms. The first-order valence-electron chi connectivity index (χ1n) is 20.5. The van der Waals surface area contributed by atoms with E-state index in [9.17, 15) is 32.3 Å². The molecule has 1 amide bonds. The highest BCUT2D eigenvalue weighted by Crippen LogP contribution is 2.49. The largest absolute Gasteiger partial charge is 0.487 e. The number of amides is 1. The van der Waals surface area contributed by atoms with Crippen molar-refractivity contribution in [3.8, 4) is 45.0 Å². The summed E-state index contributed by atoms with van der Waals surface area (Å²) in [7, 11) is 2.07. The Labute approximate surface area is 379 Å². The maximum Gasteiger partial charge on any atom is 0.392 e. The zero-order valence-corrected chi connectivity index (χ0v) is 36.7. The Bertz CT molecular complexity index is 2700. The number of hydrogen-bond acceptors (Lipinski definition) is 13. The van der Waals surface area contributed by atoms with Gasteiger partial charge in [0.25, 0.3) is 5.91 Å². The molecule has 14 nitrogen and oxygen atoms in total. The van der Waals surface area contributed by atoms with Gasteiger partial charge in [0.1, 0.15) is 41.7 Å². The third-order valence-corrected chi connectivity index (χ3v) is 12.7. The highest BCUT2D eigenvalue weighted by Gasteiger charge is 2.31. The van der Waals surface area contributed by atoms with E-state index in [0.717, 1.165) is 26.2 Å². The van der Waals surface area contributed by atoms with E-state index in [4.69, 9.17) is 30.5 Å². The normalized spacial score (nSPS) is 16.3. The monoisotopic (exact) mass is 935 g/mol. The number of halogens is 5. The average molecular weight is 936 g/mol. The molecular weight excluding hydrogens is 894 g/mol. The molecule has 3 aliphatic rings. The van der Waals surface area contributed by atoms with Crippen LogP contribution >= 0.6 is 22.9 Å². The molecule has 0 radical (unpaired) electrons. The summed E-state index contributed by atoms with van der Waals surface area (Å²) in [4.78, 5) is 51.8. The van der Waals surface area contributed by atoms with Gasteiger partial charge in [-0.25, -0.2) is 24.1 Å². The van der Waals surface area contributed by atoms with E-state index < -0.39 is 43.7 Å². The van der Waals surface area contributed by atoms with Gasteiger partial charge in [-0.3, -0.25) is 9.69 Å². The molecule has 9 rings (SSSR count). The number of aliphatic carboxylic acids is 1. The summed E-state index contributed by atoms with van der Waals surface area (Å²) >= 11 is 8.57. The fraction of sp³-hybridized carbons (Fsp3) is 0.333. The van der Waals surface area contributed by atoms with E-state index in [1.165, 1.54) is 42.1 Å². The molecule has 6 aromatic rings. The van der Waals surface area contributed by atoms with E-state index in [1.54, 1.807) is 41.3 Å². The van der Waals surface area contributed by atoms with Gasteiger partial charge < -0.3 is 33.9 Å². The van der Waals surface area contributed by atoms with Gasteiger partial charge in [-0.15, -0.1) is 11.3 Å². The fourth-order valence-corrected chi connectivity index (χ4v) is 8.94. The lowest BCUT2D eigenvalue weighted by molar-refractivity contribution is -0.145. The molecule has 1 fully saturated rings. The molecule has 3 aromatic carbocycles. The van der Waals surface area contributed by atoms with Crippen molar-refractivity contribution >= 4 is 50.7 Å². The number of anilines is 1. The smallest absolute Gasteiger partial charge is 0.392 e. The summed E-state index contributed by atoms with van der Waals surface area (Å²) in [6, 6.07) is 15.4. The van der Waals surface area contributed by atoms with Crippen LogP contribution < -0.4 is 23.8 Å². The Morgan fingerprint density at radius 2 is 1.78 bits per heavy atom. The number of alkyl halides is 3. The Kier molecular flexibility index (Phi) is 13.6. The van der Waals surface area contributed by atoms with Gasteiger partial charge in [-0.05, 0) is 73.1 Å². The van der Waals surface area contributed by atoms with Crippen molar-refractivity contribution in [2.75, 3.05) is 64.4 Å². The molecule has 340 valence electrons. The van der Waals surface area contributed by atoms with Gasteiger partial charge in [0.15, 0.2) is 6.61 Å². The van der Waals surface area contributed by atoms with E-state index >= 15 is 0 Å². The molecule has 0 saturated carbocycles. The molecule has 0 aliphatic carbocycles. The van der Waals surface area contributed by atoms with Crippen LogP contribution in [0, 0.1) is 12.7 Å². The lowest BCUT2D eigenvalue weighted by Crippen LogP contribution is -2.48. The maximum absolute atomic E-state index is 14.4. The van der Waals surface area contributed by atoms with Crippen LogP contribution in [0.2, 0.25) is 5.02 Å². The van der Waals surface area contributed by atoms with E-state index in [2.05, 4.69) is 36.8 Å². The lowest BCUT2D eigenvalue weighted by Gasteiger charge is -2.34. The van der Waals surface area contributed by atoms with Crippen molar-refractivity contribution in [1.82, 2.24) is 29.7 Å². The predicted molar refractivity (Wildman–Crippen MR) is 235 cm³/mol. The number of thiophene rings is 1. The number of hydrogen-bond donors (Lipinski definition) is 1. The van der Waals surface area contributed by atoms with Crippen molar-refractivity contribution in [1.29, 1.82) is 0 Å². The third kappa shape index (κ3) is 10.7. The van der Waals surface area contributed by atoms with Crippen LogP contribution in [0.25, 0.3) is 31.8 Å². The second-order valence-electron chi connectivity index (χ2n) is 15.5. The Morgan fingerprint density at radius 3 is 2.54 bits per heavy atom. The number of rotatable bonds is 11. The second-order valence-corrected chi connectivity index (χ2v) is 16.9. The molecule has 3 aliphatic heterocycles. The highest BCUT2D eigenvalue weighted by atomic mass is 35.5. The minimum absolute atomic E-state index is 0.0381. The zero-order chi connectivity index (χ0) is 45.8. The SMILES string of the molecule is Cc1c2ccc(c1Cl)N(CCN1CCN(C)CC1)C(=O)COc1ccc(OCc3ccnc(OCCC(F)(F)F)n3)c(c1)C[C@H](C(=O)O)Oc1ncnc3sc(-c4ccc(F)cc4)c-2c13. The average Bonchev–Trinajstić information content (AvgIpc) is 3.67. The molecule has 6 heterocycles. The summed E-state index contributed by atoms with van der Waals surface area (Å²) in [5.74, 6) is -1.77. The van der Waals surface area contributed by atoms with Crippen molar-refractivity contribution in [3.05, 3.63) is 101 Å². The van der Waals surface area contributed by atoms with Crippen LogP contribution in [-0.2, 0) is 22.6 Å². The van der Waals surface area contributed by atoms with Crippen LogP contribution in [0.1, 0.15) is 23.2 Å². The van der Waals surface area contributed by atoms with Crippen LogP contribution in [0.4, 0.5) is 23.2 Å². The van der Waals surface area contributed by atoms with Crippen LogP contribution in [0.5, 0.6) is 23.4 Å². The number of aromatic nitrogens is 4. The number of carbonyl (C=O) groups excluding carboxylic acids is 1. The molecule has 1 atom stereocenters. The number of ether oxygens (including phenoxy) is 4. The summed E-state index contributed by atoms with van der Waals surface area (Å²) in [5, 5.41) is 11.4. The molecule has 4 bridgehead atoms. The quantitative estimate of drug-likeness (QED) is 0.126. The standard InChI is InChI=1S/C45H42ClF4N7O7S/c1-26-32-8-9-33(39(26)46)57(19-18-56-16-14-55(2)15-17-56)36(58)24-62-31-7-10-34(63-23-30-11-13-51-44(54-30)61-20-12-45(48,49)50)28(21-31)22-35(43(59)60)64-41-38-37(32)40(65-42(38)53-25-52-41)27-3-5-29(47)6-4-27/h3-11,13,21,25,35H,12,14-20,22-24H2,1-2H3,(H,59,60)/t35-/m1/s1. The van der Waals surface area contributed by atoms with Crippen molar-refractivity contribution < 1.29 is 51.2 Å². The first-order chi connectivity index (χ1) is 31.2. The van der Waals surface area contributed by atoms with Crippen molar-refractivity contribution in [2.24, 2.45) is 0 Å². The topological polar surface area (TPSA) is 153 Å². The van der Waals surface area contributed by atoms with Gasteiger partial charge in [-0.2, -0.15) is 18.2 Å². The molecule has 1 saturated heterocycles. The molecular formula is C45H42ClF4N7O7S. The van der Waals surface area contributed by atoms with Gasteiger partial charge >= 0.3 is 18.2 Å². The number of carboxylic acids is 1. The highest BCUT2D eigenvalue weighted by molar-refractivity contribution is 7.22. The number of carbonyl (C=O) groups is 2. The summed E-state index contributed by atoms with van der Waals surface area (Å²) in [6.07, 6.45) is -4.90. The molecule has 1 N–H and O–H groups in total. The predicted octanol–water partition coefficient (Wildman–Crippen LogP) is 7.87. The first kappa shape index (κ1) is 45.4. The Balaban J connectivity index is 1.21. The Hall–Kier alpha value is -6.15. The number of carboxylic acid groups (broad SMARTS) is 1. The summed E-state index contributed by atoms with van der Waals surface area (Å²) in [5.41, 5.74) is 3.49. The van der Waals surface area contributed by atoms with Gasteiger partial charge in [-0.1, -0.05) is 29.8 Å². The first-order valence-corrected chi connectivity index (χ1v) is 21.7. The van der Waals surface area contributed by atoms with E-state index in [0.29, 0.717) is 66.7 Å². The van der Waals surface area contributed by atoms with Crippen LogP contribution in [-0.4, -0.2) is 119 Å². The van der Waals surface area contributed by atoms with Crippen molar-refractivity contribution in [2.45, 2.75) is 38.7 Å². The number of benzene rings is 3. The second kappa shape index (κ2) is 19.5. The fourth-order valence-electron chi connectivity index (χ4n) is 7.52. The van der Waals surface area contributed by atoms with Crippen LogP contribution in [0.15, 0.2) is 73.2 Å². The summed E-state index contributed by atoms with van der Waals surface area (Å²) < 4.78 is 76.1. The minimum atomic E-state index is -4.42. The molecule has 65 heavy (non-hydrogen) atoms. The third-order valence-electron chi connectivity index (χ3n) is 11.0. The number of fused-ring (bicyclic) bond motifs is 7. The van der Waals surface area contributed by atoms with Gasteiger partial charge in [0.2, 0.25) is 12.0 Å². The number of piperazine rings is 1.